The van der Waals surface area contributed by atoms with Crippen molar-refractivity contribution in [2.24, 2.45) is 5.92 Å². The minimum absolute atomic E-state index is 0.00787. The van der Waals surface area contributed by atoms with Gasteiger partial charge in [0.15, 0.2) is 0 Å². The van der Waals surface area contributed by atoms with E-state index in [1.165, 1.54) is 31.2 Å². The first kappa shape index (κ1) is 18.2. The van der Waals surface area contributed by atoms with Crippen molar-refractivity contribution in [3.05, 3.63) is 35.9 Å². The van der Waals surface area contributed by atoms with Crippen LogP contribution >= 0.6 is 0 Å². The summed E-state index contributed by atoms with van der Waals surface area (Å²) >= 11 is 0. The molecule has 0 spiro atoms. The van der Waals surface area contributed by atoms with E-state index in [0.717, 1.165) is 13.0 Å². The third-order valence-electron chi connectivity index (χ3n) is 4.56. The molecule has 0 bridgehead atoms. The summed E-state index contributed by atoms with van der Waals surface area (Å²) < 4.78 is 0. The first-order chi connectivity index (χ1) is 10.2. The Morgan fingerprint density at radius 1 is 1.00 bits per heavy atom. The third kappa shape index (κ3) is 5.80. The molecule has 2 aliphatic rings. The summed E-state index contributed by atoms with van der Waals surface area (Å²) in [5.41, 5.74) is 1.32. The minimum atomic E-state index is -0.00787. The van der Waals surface area contributed by atoms with E-state index in [1.54, 1.807) is 0 Å². The molecule has 120 valence electrons. The molecule has 1 heterocycles. The van der Waals surface area contributed by atoms with Gasteiger partial charge in [-0.25, -0.2) is 0 Å². The molecule has 2 fully saturated rings. The Bertz CT molecular complexity index is 347. The number of aliphatic hydroxyl groups excluding tert-OH is 1. The smallest absolute Gasteiger partial charge is 0.0595 e. The number of nitrogens with zero attached hydrogens (tertiary/aromatic N) is 1. The van der Waals surface area contributed by atoms with Crippen molar-refractivity contribution in [2.45, 2.75) is 65.0 Å². The Kier molecular flexibility index (Phi) is 8.63. The zero-order valence-corrected chi connectivity index (χ0v) is 14.3. The van der Waals surface area contributed by atoms with E-state index in [4.69, 9.17) is 0 Å². The molecule has 1 saturated heterocycles. The van der Waals surface area contributed by atoms with Gasteiger partial charge in [0.2, 0.25) is 0 Å². The number of likely N-dealkylation sites (tertiary alicyclic amines) is 1. The molecule has 0 radical (unpaired) electrons. The lowest BCUT2D eigenvalue weighted by molar-refractivity contribution is -0.0250. The van der Waals surface area contributed by atoms with Crippen molar-refractivity contribution >= 4 is 0 Å². The number of hydrogen-bond donors (Lipinski definition) is 1. The second kappa shape index (κ2) is 9.97. The van der Waals surface area contributed by atoms with Gasteiger partial charge in [-0.15, -0.1) is 0 Å². The molecule has 1 aromatic carbocycles. The van der Waals surface area contributed by atoms with Gasteiger partial charge in [0.1, 0.15) is 0 Å². The normalized spacial score (nSPS) is 28.3. The average Bonchev–Trinajstić information content (AvgIpc) is 2.55. The predicted octanol–water partition coefficient (Wildman–Crippen LogP) is 4.26. The first-order valence-corrected chi connectivity index (χ1v) is 8.58. The highest BCUT2D eigenvalue weighted by molar-refractivity contribution is 5.11. The van der Waals surface area contributed by atoms with E-state index in [1.807, 2.05) is 32.0 Å². The highest BCUT2D eigenvalue weighted by Crippen LogP contribution is 2.34. The summed E-state index contributed by atoms with van der Waals surface area (Å²) in [5.74, 6) is 0.581. The minimum Gasteiger partial charge on any atom is -0.393 e. The van der Waals surface area contributed by atoms with Crippen LogP contribution in [-0.4, -0.2) is 35.7 Å². The quantitative estimate of drug-likeness (QED) is 0.772. The Balaban J connectivity index is 0.000000210. The molecule has 3 rings (SSSR count). The second-order valence-electron chi connectivity index (χ2n) is 6.01. The maximum atomic E-state index is 9.80. The van der Waals surface area contributed by atoms with E-state index in [2.05, 4.69) is 31.0 Å². The van der Waals surface area contributed by atoms with Crippen molar-refractivity contribution in [2.75, 3.05) is 13.6 Å². The van der Waals surface area contributed by atoms with Crippen LogP contribution in [-0.2, 0) is 0 Å². The number of hydrogen-bond acceptors (Lipinski definition) is 2. The highest BCUT2D eigenvalue weighted by Gasteiger charge is 2.36. The summed E-state index contributed by atoms with van der Waals surface area (Å²) in [6, 6.07) is 10.9. The first-order valence-electron chi connectivity index (χ1n) is 8.58. The van der Waals surface area contributed by atoms with E-state index >= 15 is 0 Å². The van der Waals surface area contributed by atoms with Gasteiger partial charge in [-0.3, -0.25) is 0 Å². The zero-order valence-electron chi connectivity index (χ0n) is 14.3. The maximum absolute atomic E-state index is 9.80. The standard InChI is InChI=1S/C10H19NO.C7H8.C2H6/c1-11-7-6-10(12)8-4-2-3-5-9(8)11;1-7-5-3-2-4-6-7;1-2/h8-10,12H,2-7H2,1H3;2-6H,1H3;1-2H3. The van der Waals surface area contributed by atoms with E-state index in [0.29, 0.717) is 12.0 Å². The van der Waals surface area contributed by atoms with Gasteiger partial charge in [-0.2, -0.15) is 0 Å². The van der Waals surface area contributed by atoms with Gasteiger partial charge in [-0.1, -0.05) is 62.6 Å². The molecule has 3 unspecified atom stereocenters. The van der Waals surface area contributed by atoms with E-state index in [-0.39, 0.29) is 6.10 Å². The van der Waals surface area contributed by atoms with Gasteiger partial charge in [0.25, 0.3) is 0 Å². The summed E-state index contributed by atoms with van der Waals surface area (Å²) in [6.07, 6.45) is 6.21. The van der Waals surface area contributed by atoms with Gasteiger partial charge in [0, 0.05) is 18.5 Å². The van der Waals surface area contributed by atoms with Gasteiger partial charge >= 0.3 is 0 Å². The fourth-order valence-corrected chi connectivity index (χ4v) is 3.39. The summed E-state index contributed by atoms with van der Waals surface area (Å²) in [7, 11) is 2.20. The van der Waals surface area contributed by atoms with E-state index < -0.39 is 0 Å². The van der Waals surface area contributed by atoms with Gasteiger partial charge < -0.3 is 10.0 Å². The van der Waals surface area contributed by atoms with Crippen molar-refractivity contribution in [3.8, 4) is 0 Å². The molecule has 1 saturated carbocycles. The van der Waals surface area contributed by atoms with Crippen molar-refractivity contribution in [1.82, 2.24) is 4.90 Å². The highest BCUT2D eigenvalue weighted by atomic mass is 16.3. The summed E-state index contributed by atoms with van der Waals surface area (Å²) in [6.45, 7) is 7.17. The summed E-state index contributed by atoms with van der Waals surface area (Å²) in [5, 5.41) is 9.80. The van der Waals surface area contributed by atoms with Crippen molar-refractivity contribution < 1.29 is 5.11 Å². The van der Waals surface area contributed by atoms with Crippen molar-refractivity contribution in [1.29, 1.82) is 0 Å². The van der Waals surface area contributed by atoms with Gasteiger partial charge in [0.05, 0.1) is 6.10 Å². The SMILES string of the molecule is CC.CN1CCC(O)C2CCCCC21.Cc1ccccc1. The fourth-order valence-electron chi connectivity index (χ4n) is 3.39. The molecule has 1 aliphatic carbocycles. The lowest BCUT2D eigenvalue weighted by Crippen LogP contribution is -2.50. The second-order valence-corrected chi connectivity index (χ2v) is 6.01. The Labute approximate surface area is 131 Å². The number of aryl methyl sites for hydroxylation is 1. The number of fused-ring (bicyclic) bond motifs is 1. The van der Waals surface area contributed by atoms with Crippen LogP contribution in [0.25, 0.3) is 0 Å². The van der Waals surface area contributed by atoms with E-state index in [9.17, 15) is 5.11 Å². The van der Waals surface area contributed by atoms with Crippen LogP contribution in [0, 0.1) is 12.8 Å². The lowest BCUT2D eigenvalue weighted by Gasteiger charge is -2.44. The molecule has 1 aromatic rings. The molecule has 2 nitrogen and oxygen atoms in total. The van der Waals surface area contributed by atoms with Gasteiger partial charge in [-0.05, 0) is 33.2 Å². The van der Waals surface area contributed by atoms with Crippen LogP contribution in [0.5, 0.6) is 0 Å². The number of benzene rings is 1. The molecule has 0 aromatic heterocycles. The zero-order chi connectivity index (χ0) is 15.7. The largest absolute Gasteiger partial charge is 0.393 e. The Morgan fingerprint density at radius 2 is 1.62 bits per heavy atom. The molecular formula is C19H33NO. The fraction of sp³-hybridized carbons (Fsp3) is 0.684. The maximum Gasteiger partial charge on any atom is 0.0595 e. The van der Waals surface area contributed by atoms with Crippen LogP contribution in [0.15, 0.2) is 30.3 Å². The number of rotatable bonds is 0. The molecule has 3 atom stereocenters. The topological polar surface area (TPSA) is 23.5 Å². The molecule has 1 aliphatic heterocycles. The molecular weight excluding hydrogens is 258 g/mol. The lowest BCUT2D eigenvalue weighted by atomic mass is 9.77. The monoisotopic (exact) mass is 291 g/mol. The van der Waals surface area contributed by atoms with Crippen LogP contribution in [0.1, 0.15) is 51.5 Å². The average molecular weight is 291 g/mol. The predicted molar refractivity (Wildman–Crippen MR) is 91.5 cm³/mol. The Morgan fingerprint density at radius 3 is 2.14 bits per heavy atom. The van der Waals surface area contributed by atoms with Crippen LogP contribution in [0.2, 0.25) is 0 Å². The summed E-state index contributed by atoms with van der Waals surface area (Å²) in [4.78, 5) is 2.44. The molecule has 0 amide bonds. The van der Waals surface area contributed by atoms with Crippen LogP contribution in [0.3, 0.4) is 0 Å². The molecule has 1 N–H and O–H groups in total. The third-order valence-corrected chi connectivity index (χ3v) is 4.56. The Hall–Kier alpha value is -0.860. The van der Waals surface area contributed by atoms with Crippen molar-refractivity contribution in [3.63, 3.8) is 0 Å². The number of piperidine rings is 1. The van der Waals surface area contributed by atoms with Crippen LogP contribution < -0.4 is 0 Å². The number of aliphatic hydroxyl groups is 1. The van der Waals surface area contributed by atoms with Crippen LogP contribution in [0.4, 0.5) is 0 Å². The molecule has 21 heavy (non-hydrogen) atoms. The molecule has 2 heteroatoms.